The summed E-state index contributed by atoms with van der Waals surface area (Å²) in [6.07, 6.45) is 0.0135. The molecule has 2 amide bonds. The van der Waals surface area contributed by atoms with E-state index in [1.54, 1.807) is 35.2 Å². The Hall–Kier alpha value is -4.07. The van der Waals surface area contributed by atoms with E-state index in [4.69, 9.17) is 14.2 Å². The van der Waals surface area contributed by atoms with E-state index in [9.17, 15) is 14.0 Å². The van der Waals surface area contributed by atoms with Gasteiger partial charge in [-0.05, 0) is 47.0 Å². The number of carbonyl (C=O) groups excluding carboxylic acids is 2. The van der Waals surface area contributed by atoms with Crippen molar-refractivity contribution in [2.45, 2.75) is 25.6 Å². The van der Waals surface area contributed by atoms with Crippen LogP contribution < -0.4 is 19.5 Å². The summed E-state index contributed by atoms with van der Waals surface area (Å²) in [6.45, 7) is 0.622. The predicted octanol–water partition coefficient (Wildman–Crippen LogP) is 4.26. The second-order valence-corrected chi connectivity index (χ2v) is 8.17. The molecular formula is C27H27FN2O5. The number of nitrogens with one attached hydrogen (secondary N) is 1. The van der Waals surface area contributed by atoms with Crippen LogP contribution in [0.4, 0.5) is 4.39 Å². The maximum Gasteiger partial charge on any atom is 0.255 e. The van der Waals surface area contributed by atoms with Gasteiger partial charge < -0.3 is 24.4 Å². The molecule has 8 heteroatoms. The molecule has 0 saturated carbocycles. The van der Waals surface area contributed by atoms with Crippen LogP contribution in [-0.2, 0) is 17.9 Å². The molecule has 0 fully saturated rings. The number of fused-ring (bicyclic) bond motifs is 1. The first-order valence-electron chi connectivity index (χ1n) is 11.1. The third-order valence-electron chi connectivity index (χ3n) is 6.08. The van der Waals surface area contributed by atoms with Gasteiger partial charge in [0, 0.05) is 18.7 Å². The summed E-state index contributed by atoms with van der Waals surface area (Å²) in [4.78, 5) is 28.0. The van der Waals surface area contributed by atoms with Crippen molar-refractivity contribution < 1.29 is 28.2 Å². The molecule has 3 aromatic rings. The van der Waals surface area contributed by atoms with Crippen molar-refractivity contribution in [3.05, 3.63) is 88.7 Å². The SMILES string of the molecule is COc1cc([C@H](CC(=O)NCc2ccc(F)cc2)N2Cc3ccccc3C2=O)cc(OC)c1OC. The maximum absolute atomic E-state index is 13.3. The van der Waals surface area contributed by atoms with E-state index in [-0.39, 0.29) is 30.6 Å². The normalized spacial score (nSPS) is 13.3. The number of nitrogens with zero attached hydrogens (tertiary/aromatic N) is 1. The van der Waals surface area contributed by atoms with E-state index in [0.717, 1.165) is 11.1 Å². The summed E-state index contributed by atoms with van der Waals surface area (Å²) >= 11 is 0. The van der Waals surface area contributed by atoms with Crippen molar-refractivity contribution in [2.75, 3.05) is 21.3 Å². The number of hydrogen-bond donors (Lipinski definition) is 1. The number of ether oxygens (including phenoxy) is 3. The molecule has 35 heavy (non-hydrogen) atoms. The number of amides is 2. The Morgan fingerprint density at radius 2 is 1.66 bits per heavy atom. The fourth-order valence-electron chi connectivity index (χ4n) is 4.28. The topological polar surface area (TPSA) is 77.1 Å². The van der Waals surface area contributed by atoms with Crippen LogP contribution in [0.2, 0.25) is 0 Å². The Morgan fingerprint density at radius 3 is 2.26 bits per heavy atom. The van der Waals surface area contributed by atoms with E-state index in [2.05, 4.69) is 5.32 Å². The Kier molecular flexibility index (Phi) is 7.19. The van der Waals surface area contributed by atoms with Gasteiger partial charge in [-0.1, -0.05) is 30.3 Å². The molecule has 0 aromatic heterocycles. The lowest BCUT2D eigenvalue weighted by Gasteiger charge is -2.29. The highest BCUT2D eigenvalue weighted by atomic mass is 19.1. The number of benzene rings is 3. The van der Waals surface area contributed by atoms with Crippen molar-refractivity contribution in [3.63, 3.8) is 0 Å². The van der Waals surface area contributed by atoms with Gasteiger partial charge in [0.1, 0.15) is 5.82 Å². The van der Waals surface area contributed by atoms with Crippen molar-refractivity contribution in [1.82, 2.24) is 10.2 Å². The molecule has 182 valence electrons. The average Bonchev–Trinajstić information content (AvgIpc) is 3.22. The fourth-order valence-corrected chi connectivity index (χ4v) is 4.28. The highest BCUT2D eigenvalue weighted by molar-refractivity contribution is 5.99. The molecular weight excluding hydrogens is 451 g/mol. The average molecular weight is 479 g/mol. The molecule has 0 radical (unpaired) electrons. The number of carbonyl (C=O) groups is 2. The standard InChI is InChI=1S/C27H27FN2O5/c1-33-23-12-19(13-24(34-2)26(23)35-3)22(30-16-18-6-4-5-7-21(18)27(30)32)14-25(31)29-15-17-8-10-20(28)11-9-17/h4-13,22H,14-16H2,1-3H3,(H,29,31)/t22-/m0/s1. The lowest BCUT2D eigenvalue weighted by Crippen LogP contribution is -2.34. The van der Waals surface area contributed by atoms with E-state index in [1.807, 2.05) is 18.2 Å². The summed E-state index contributed by atoms with van der Waals surface area (Å²) in [5.41, 5.74) is 2.98. The molecule has 0 unspecified atom stereocenters. The van der Waals surface area contributed by atoms with Crippen LogP contribution in [0.1, 0.15) is 39.5 Å². The van der Waals surface area contributed by atoms with Gasteiger partial charge in [0.25, 0.3) is 5.91 Å². The van der Waals surface area contributed by atoms with Gasteiger partial charge in [-0.3, -0.25) is 9.59 Å². The second-order valence-electron chi connectivity index (χ2n) is 8.17. The third kappa shape index (κ3) is 5.06. The molecule has 3 aromatic carbocycles. The maximum atomic E-state index is 13.3. The predicted molar refractivity (Wildman–Crippen MR) is 128 cm³/mol. The highest BCUT2D eigenvalue weighted by Crippen LogP contribution is 2.42. The van der Waals surface area contributed by atoms with Gasteiger partial charge in [0.2, 0.25) is 11.7 Å². The van der Waals surface area contributed by atoms with Gasteiger partial charge in [0.05, 0.1) is 33.8 Å². The summed E-state index contributed by atoms with van der Waals surface area (Å²) < 4.78 is 29.6. The second kappa shape index (κ2) is 10.5. The summed E-state index contributed by atoms with van der Waals surface area (Å²) in [7, 11) is 4.55. The van der Waals surface area contributed by atoms with Gasteiger partial charge in [-0.15, -0.1) is 0 Å². The van der Waals surface area contributed by atoms with Crippen molar-refractivity contribution >= 4 is 11.8 Å². The number of halogens is 1. The smallest absolute Gasteiger partial charge is 0.255 e. The molecule has 0 saturated heterocycles. The van der Waals surface area contributed by atoms with Crippen molar-refractivity contribution in [2.24, 2.45) is 0 Å². The van der Waals surface area contributed by atoms with Crippen LogP contribution in [0.25, 0.3) is 0 Å². The van der Waals surface area contributed by atoms with E-state index >= 15 is 0 Å². The Labute approximate surface area is 203 Å². The van der Waals surface area contributed by atoms with Crippen LogP contribution in [0.5, 0.6) is 17.2 Å². The molecule has 1 N–H and O–H groups in total. The Morgan fingerprint density at radius 1 is 1.00 bits per heavy atom. The van der Waals surface area contributed by atoms with Crippen LogP contribution in [0.15, 0.2) is 60.7 Å². The van der Waals surface area contributed by atoms with Gasteiger partial charge >= 0.3 is 0 Å². The van der Waals surface area contributed by atoms with Crippen molar-refractivity contribution in [3.8, 4) is 17.2 Å². The van der Waals surface area contributed by atoms with E-state index in [1.165, 1.54) is 33.5 Å². The van der Waals surface area contributed by atoms with Gasteiger partial charge in [0.15, 0.2) is 11.5 Å². The largest absolute Gasteiger partial charge is 0.493 e. The summed E-state index contributed by atoms with van der Waals surface area (Å²) in [5, 5.41) is 2.87. The van der Waals surface area contributed by atoms with Crippen LogP contribution >= 0.6 is 0 Å². The van der Waals surface area contributed by atoms with E-state index in [0.29, 0.717) is 34.9 Å². The molecule has 1 aliphatic heterocycles. The quantitative estimate of drug-likeness (QED) is 0.498. The molecule has 0 spiro atoms. The fraction of sp³-hybridized carbons (Fsp3) is 0.259. The van der Waals surface area contributed by atoms with Crippen LogP contribution in [0, 0.1) is 5.82 Å². The minimum atomic E-state index is -0.586. The van der Waals surface area contributed by atoms with Crippen LogP contribution in [-0.4, -0.2) is 38.0 Å². The molecule has 0 bridgehead atoms. The first kappa shape index (κ1) is 24.1. The van der Waals surface area contributed by atoms with Gasteiger partial charge in [-0.2, -0.15) is 0 Å². The molecule has 0 aliphatic carbocycles. The minimum Gasteiger partial charge on any atom is -0.493 e. The zero-order valence-corrected chi connectivity index (χ0v) is 19.8. The molecule has 7 nitrogen and oxygen atoms in total. The van der Waals surface area contributed by atoms with Gasteiger partial charge in [-0.25, -0.2) is 4.39 Å². The molecule has 1 aliphatic rings. The lowest BCUT2D eigenvalue weighted by molar-refractivity contribution is -0.122. The third-order valence-corrected chi connectivity index (χ3v) is 6.08. The number of methoxy groups -OCH3 is 3. The zero-order valence-electron chi connectivity index (χ0n) is 19.8. The summed E-state index contributed by atoms with van der Waals surface area (Å²) in [5.74, 6) is 0.553. The number of rotatable bonds is 9. The minimum absolute atomic E-state index is 0.0135. The Bertz CT molecular complexity index is 1200. The van der Waals surface area contributed by atoms with Crippen molar-refractivity contribution in [1.29, 1.82) is 0 Å². The lowest BCUT2D eigenvalue weighted by atomic mass is 10.00. The molecule has 1 heterocycles. The number of hydrogen-bond acceptors (Lipinski definition) is 5. The first-order valence-corrected chi connectivity index (χ1v) is 11.1. The highest BCUT2D eigenvalue weighted by Gasteiger charge is 2.35. The Balaban J connectivity index is 1.64. The van der Waals surface area contributed by atoms with Crippen LogP contribution in [0.3, 0.4) is 0 Å². The summed E-state index contributed by atoms with van der Waals surface area (Å²) in [6, 6.07) is 16.3. The monoisotopic (exact) mass is 478 g/mol. The van der Waals surface area contributed by atoms with E-state index < -0.39 is 6.04 Å². The molecule has 4 rings (SSSR count). The first-order chi connectivity index (χ1) is 16.9. The molecule has 1 atom stereocenters. The zero-order chi connectivity index (χ0) is 24.9.